The summed E-state index contributed by atoms with van der Waals surface area (Å²) in [6.45, 7) is 22.7. The molecule has 67 heavy (non-hydrogen) atoms. The molecule has 1 aliphatic carbocycles. The molecule has 2 aliphatic rings. The van der Waals surface area contributed by atoms with Crippen LogP contribution >= 0.6 is 0 Å². The molecule has 0 radical (unpaired) electrons. The molecule has 7 rings (SSSR count). The summed E-state index contributed by atoms with van der Waals surface area (Å²) in [6, 6.07) is 25.8. The number of nitriles is 1. The normalized spacial score (nSPS) is 14.1. The van der Waals surface area contributed by atoms with Gasteiger partial charge in [0.1, 0.15) is 35.5 Å². The lowest BCUT2D eigenvalue weighted by atomic mass is 9.91. The summed E-state index contributed by atoms with van der Waals surface area (Å²) in [7, 11) is 3.71. The van der Waals surface area contributed by atoms with Crippen LogP contribution in [0.25, 0.3) is 11.3 Å². The van der Waals surface area contributed by atoms with Gasteiger partial charge in [-0.15, -0.1) is 0 Å². The van der Waals surface area contributed by atoms with E-state index in [2.05, 4.69) is 51.9 Å². The number of fused-ring (bicyclic) bond motifs is 1. The van der Waals surface area contributed by atoms with E-state index in [1.807, 2.05) is 125 Å². The van der Waals surface area contributed by atoms with Crippen LogP contribution in [0.15, 0.2) is 72.8 Å². The average Bonchev–Trinajstić information content (AvgIpc) is 4.03. The molecule has 3 aromatic carbocycles. The zero-order chi connectivity index (χ0) is 48.7. The number of ether oxygens (including phenoxy) is 2. The van der Waals surface area contributed by atoms with Gasteiger partial charge in [0.15, 0.2) is 0 Å². The van der Waals surface area contributed by atoms with E-state index in [1.165, 1.54) is 12.8 Å². The highest BCUT2D eigenvalue weighted by Crippen LogP contribution is 2.40. The zero-order valence-corrected chi connectivity index (χ0v) is 42.8. The molecule has 0 bridgehead atoms. The summed E-state index contributed by atoms with van der Waals surface area (Å²) in [5, 5.41) is 10.0. The van der Waals surface area contributed by atoms with Crippen molar-refractivity contribution in [2.45, 2.75) is 117 Å². The fourth-order valence-electron chi connectivity index (χ4n) is 8.32. The first-order chi connectivity index (χ1) is 31.5. The van der Waals surface area contributed by atoms with E-state index < -0.39 is 19.9 Å². The maximum Gasteiger partial charge on any atom is 0.339 e. The number of likely N-dealkylation sites (N-methyl/N-ethyl adjacent to an activating group) is 1. The van der Waals surface area contributed by atoms with Gasteiger partial charge < -0.3 is 32.8 Å². The van der Waals surface area contributed by atoms with Crippen LogP contribution in [0.2, 0.25) is 18.1 Å². The summed E-state index contributed by atoms with van der Waals surface area (Å²) >= 11 is 0. The predicted octanol–water partition coefficient (Wildman–Crippen LogP) is 10.4. The topological polar surface area (TPSA) is 122 Å². The lowest BCUT2D eigenvalue weighted by molar-refractivity contribution is -0.131. The Labute approximate surface area is 398 Å². The third kappa shape index (κ3) is 10.7. The Balaban J connectivity index is 1.18. The van der Waals surface area contributed by atoms with E-state index in [-0.39, 0.29) is 23.3 Å². The Morgan fingerprint density at radius 3 is 2.09 bits per heavy atom. The molecule has 0 N–H and O–H groups in total. The van der Waals surface area contributed by atoms with Crippen LogP contribution in [0.3, 0.4) is 0 Å². The highest BCUT2D eigenvalue weighted by atomic mass is 28.4. The number of benzene rings is 3. The summed E-state index contributed by atoms with van der Waals surface area (Å²) < 4.78 is 22.3. The smallest absolute Gasteiger partial charge is 0.339 e. The number of anilines is 2. The lowest BCUT2D eigenvalue weighted by Crippen LogP contribution is -2.43. The van der Waals surface area contributed by atoms with Crippen LogP contribution in [-0.2, 0) is 43.0 Å². The number of carbonyl (C=O) groups is 3. The van der Waals surface area contributed by atoms with E-state index >= 15 is 4.79 Å². The monoisotopic (exact) mass is 924 g/mol. The first kappa shape index (κ1) is 48.8. The molecule has 0 atom stereocenters. The van der Waals surface area contributed by atoms with Crippen molar-refractivity contribution in [1.82, 2.24) is 18.9 Å². The minimum absolute atomic E-state index is 0.00207. The van der Waals surface area contributed by atoms with Gasteiger partial charge in [-0.2, -0.15) is 5.26 Å². The third-order valence-corrected chi connectivity index (χ3v) is 18.2. The average molecular weight is 925 g/mol. The van der Waals surface area contributed by atoms with E-state index in [9.17, 15) is 14.9 Å². The number of hydrogen-bond donors (Lipinski definition) is 0. The second-order valence-corrected chi connectivity index (χ2v) is 25.6. The Morgan fingerprint density at radius 2 is 1.49 bits per heavy atom. The van der Waals surface area contributed by atoms with E-state index in [1.54, 1.807) is 15.5 Å². The molecular formula is C54H68N6O6Si. The maximum absolute atomic E-state index is 15.2. The fourth-order valence-corrected chi connectivity index (χ4v) is 9.35. The van der Waals surface area contributed by atoms with Crippen molar-refractivity contribution in [2.75, 3.05) is 31.6 Å². The third-order valence-electron chi connectivity index (χ3n) is 13.9. The number of rotatable bonds is 14. The summed E-state index contributed by atoms with van der Waals surface area (Å²) in [6.07, 6.45) is 3.37. The molecule has 12 nitrogen and oxygen atoms in total. The molecule has 13 heteroatoms. The maximum atomic E-state index is 15.2. The van der Waals surface area contributed by atoms with Gasteiger partial charge in [0.05, 0.1) is 23.2 Å². The second-order valence-electron chi connectivity index (χ2n) is 20.9. The Hall–Kier alpha value is -6.10. The molecule has 2 aromatic heterocycles. The minimum Gasteiger partial charge on any atom is -0.544 e. The molecular weight excluding hydrogens is 857 g/mol. The standard InChI is InChI=1S/C54H68N6O6Si/c1-35-45(51(62)60(48-31-42(33-55)57(10)36(48)2)41-18-22-44(23-19-41)66-67(12,13)54(6,7)8)32-49(58(35)11)46-29-38-24-25-59(34-39(38)30-47(46)52(63)65-53(3,4)5)50(61)28-37-14-20-43(21-15-37)64-27-26-56(9)40-16-17-40/h14-15,18-23,29-32,40H,16-17,24-28,34H2,1-13H3. The van der Waals surface area contributed by atoms with Crippen molar-refractivity contribution >= 4 is 37.5 Å². The van der Waals surface area contributed by atoms with Crippen LogP contribution in [0.5, 0.6) is 11.5 Å². The molecule has 354 valence electrons. The summed E-state index contributed by atoms with van der Waals surface area (Å²) in [5.74, 6) is 0.745. The molecule has 3 heterocycles. The van der Waals surface area contributed by atoms with Crippen molar-refractivity contribution in [2.24, 2.45) is 14.1 Å². The predicted molar refractivity (Wildman–Crippen MR) is 267 cm³/mol. The van der Waals surface area contributed by atoms with Gasteiger partial charge in [0, 0.05) is 68.1 Å². The number of aromatic nitrogens is 2. The van der Waals surface area contributed by atoms with Gasteiger partial charge in [0.2, 0.25) is 14.2 Å². The van der Waals surface area contributed by atoms with Crippen molar-refractivity contribution in [3.63, 3.8) is 0 Å². The van der Waals surface area contributed by atoms with Crippen molar-refractivity contribution in [1.29, 1.82) is 5.26 Å². The quantitative estimate of drug-likeness (QED) is 0.0797. The van der Waals surface area contributed by atoms with Gasteiger partial charge in [-0.25, -0.2) is 4.79 Å². The van der Waals surface area contributed by atoms with E-state index in [4.69, 9.17) is 13.9 Å². The van der Waals surface area contributed by atoms with E-state index in [0.29, 0.717) is 77.3 Å². The second kappa shape index (κ2) is 18.9. The Kier molecular flexibility index (Phi) is 13.8. The fraction of sp³-hybridized carbons (Fsp3) is 0.444. The van der Waals surface area contributed by atoms with Gasteiger partial charge in [0.25, 0.3) is 5.91 Å². The lowest BCUT2D eigenvalue weighted by Gasteiger charge is -2.36. The summed E-state index contributed by atoms with van der Waals surface area (Å²) in [4.78, 5) is 49.0. The van der Waals surface area contributed by atoms with Gasteiger partial charge in [-0.3, -0.25) is 14.5 Å². The molecule has 0 unspecified atom stereocenters. The molecule has 0 spiro atoms. The van der Waals surface area contributed by atoms with Crippen molar-refractivity contribution in [3.8, 4) is 28.8 Å². The molecule has 2 amide bonds. The largest absolute Gasteiger partial charge is 0.544 e. The minimum atomic E-state index is -2.13. The van der Waals surface area contributed by atoms with Crippen molar-refractivity contribution in [3.05, 3.63) is 118 Å². The molecule has 0 saturated heterocycles. The molecule has 1 aliphatic heterocycles. The zero-order valence-electron chi connectivity index (χ0n) is 41.8. The van der Waals surface area contributed by atoms with Crippen LogP contribution < -0.4 is 14.1 Å². The number of hydrogen-bond acceptors (Lipinski definition) is 8. The van der Waals surface area contributed by atoms with Crippen molar-refractivity contribution < 1.29 is 28.3 Å². The number of carbonyl (C=O) groups excluding carboxylic acids is 3. The van der Waals surface area contributed by atoms with Crippen LogP contribution in [-0.4, -0.2) is 83.4 Å². The SMILES string of the molecule is Cc1c(N(C(=O)c2cc(-c3cc4c(cc3C(=O)OC(C)(C)C)CN(C(=O)Cc3ccc(OCCN(C)C5CC5)cc3)CC4)n(C)c2C)c2ccc(O[Si](C)(C)C(C)(C)C)cc2)cc(C#N)n1C. The number of amides is 2. The first-order valence-corrected chi connectivity index (χ1v) is 26.3. The van der Waals surface area contributed by atoms with Gasteiger partial charge in [-0.05, 0) is 156 Å². The first-order valence-electron chi connectivity index (χ1n) is 23.4. The van der Waals surface area contributed by atoms with E-state index in [0.717, 1.165) is 40.4 Å². The number of nitrogens with zero attached hydrogens (tertiary/aromatic N) is 6. The van der Waals surface area contributed by atoms with Crippen LogP contribution in [0.1, 0.15) is 109 Å². The highest BCUT2D eigenvalue weighted by molar-refractivity contribution is 6.74. The van der Waals surface area contributed by atoms with Crippen LogP contribution in [0.4, 0.5) is 11.4 Å². The molecule has 5 aromatic rings. The van der Waals surface area contributed by atoms with Crippen LogP contribution in [0, 0.1) is 25.2 Å². The number of esters is 1. The summed E-state index contributed by atoms with van der Waals surface area (Å²) in [5.41, 5.74) is 7.22. The highest BCUT2D eigenvalue weighted by Gasteiger charge is 2.39. The Bertz CT molecular complexity index is 2710. The Morgan fingerprint density at radius 1 is 0.836 bits per heavy atom. The van der Waals surface area contributed by atoms with Gasteiger partial charge >= 0.3 is 5.97 Å². The molecule has 1 fully saturated rings. The molecule has 1 saturated carbocycles. The van der Waals surface area contributed by atoms with Gasteiger partial charge in [-0.1, -0.05) is 32.9 Å².